The molecule has 0 bridgehead atoms. The van der Waals surface area contributed by atoms with Gasteiger partial charge >= 0.3 is 6.18 Å². The second kappa shape index (κ2) is 10.5. The van der Waals surface area contributed by atoms with Gasteiger partial charge in [-0.15, -0.1) is 5.10 Å². The average molecular weight is 676 g/mol. The van der Waals surface area contributed by atoms with Crippen molar-refractivity contribution < 1.29 is 21.0 Å². The molecule has 0 unspecified atom stereocenters. The van der Waals surface area contributed by atoms with Crippen LogP contribution in [0.25, 0.3) is 33.8 Å². The van der Waals surface area contributed by atoms with E-state index in [1.54, 1.807) is 53.1 Å². The van der Waals surface area contributed by atoms with Gasteiger partial charge in [-0.1, -0.05) is 24.3 Å². The number of rotatable bonds is 8. The highest BCUT2D eigenvalue weighted by Crippen LogP contribution is 2.45. The first kappa shape index (κ1) is 27.4. The van der Waals surface area contributed by atoms with E-state index in [4.69, 9.17) is 12.8 Å². The molecule has 5 aromatic rings. The predicted molar refractivity (Wildman–Crippen MR) is 152 cm³/mol. The summed E-state index contributed by atoms with van der Waals surface area (Å²) in [6.45, 7) is 3.96. The van der Waals surface area contributed by atoms with Crippen LogP contribution in [-0.2, 0) is 12.7 Å². The lowest BCUT2D eigenvalue weighted by Crippen LogP contribution is -2.06. The van der Waals surface area contributed by atoms with Crippen molar-refractivity contribution in [3.63, 3.8) is 0 Å². The van der Waals surface area contributed by atoms with Gasteiger partial charge in [-0.3, -0.25) is 0 Å². The van der Waals surface area contributed by atoms with Gasteiger partial charge in [0.25, 0.3) is 5.88 Å². The molecule has 10 nitrogen and oxygen atoms in total. The van der Waals surface area contributed by atoms with E-state index in [-0.39, 0.29) is 11.9 Å². The van der Waals surface area contributed by atoms with Crippen molar-refractivity contribution in [2.45, 2.75) is 51.4 Å². The summed E-state index contributed by atoms with van der Waals surface area (Å²) in [5.41, 5.74) is 2.58. The zero-order chi connectivity index (χ0) is 28.9. The quantitative estimate of drug-likeness (QED) is 0.174. The molecule has 0 amide bonds. The number of ether oxygens (including phenoxy) is 1. The maximum Gasteiger partial charge on any atom is 0.434 e. The molecule has 0 N–H and O–H groups in total. The van der Waals surface area contributed by atoms with Crippen LogP contribution in [0.3, 0.4) is 0 Å². The van der Waals surface area contributed by atoms with Gasteiger partial charge in [-0.2, -0.15) is 13.2 Å². The summed E-state index contributed by atoms with van der Waals surface area (Å²) in [5, 5.41) is 5.21. The molecule has 41 heavy (non-hydrogen) atoms. The summed E-state index contributed by atoms with van der Waals surface area (Å²) < 4.78 is 54.3. The SMILES string of the molecule is COc1ncnc(C2CC2)c1-c1ncc2c(OI)nn(Cc3ccc(-c4nc(C(F)(F)F)cn4C(C)C)cc3)c2n1. The van der Waals surface area contributed by atoms with Crippen molar-refractivity contribution in [1.29, 1.82) is 0 Å². The predicted octanol–water partition coefficient (Wildman–Crippen LogP) is 6.41. The maximum atomic E-state index is 13.3. The summed E-state index contributed by atoms with van der Waals surface area (Å²) >= 11 is 1.77. The number of hydrogen-bond donors (Lipinski definition) is 0. The van der Waals surface area contributed by atoms with E-state index in [2.05, 4.69) is 25.0 Å². The van der Waals surface area contributed by atoms with Crippen LogP contribution in [-0.4, -0.2) is 46.4 Å². The molecule has 4 aromatic heterocycles. The first-order chi connectivity index (χ1) is 19.7. The van der Waals surface area contributed by atoms with Crippen LogP contribution in [0, 0.1) is 0 Å². The normalized spacial score (nSPS) is 13.8. The Morgan fingerprint density at radius 1 is 1.05 bits per heavy atom. The molecule has 6 rings (SSSR count). The molecule has 1 saturated carbocycles. The highest BCUT2D eigenvalue weighted by atomic mass is 127. The minimum atomic E-state index is -4.52. The van der Waals surface area contributed by atoms with Crippen LogP contribution in [0.15, 0.2) is 43.0 Å². The molecule has 1 aliphatic rings. The van der Waals surface area contributed by atoms with Crippen molar-refractivity contribution in [3.8, 4) is 34.5 Å². The van der Waals surface area contributed by atoms with E-state index in [0.717, 1.165) is 30.3 Å². The van der Waals surface area contributed by atoms with Crippen LogP contribution in [0.5, 0.6) is 11.8 Å². The molecule has 0 spiro atoms. The molecule has 212 valence electrons. The lowest BCUT2D eigenvalue weighted by molar-refractivity contribution is -0.140. The van der Waals surface area contributed by atoms with Gasteiger partial charge in [0, 0.05) is 29.9 Å². The van der Waals surface area contributed by atoms with Crippen molar-refractivity contribution in [2.24, 2.45) is 0 Å². The molecule has 0 atom stereocenters. The van der Waals surface area contributed by atoms with Crippen LogP contribution in [0.2, 0.25) is 0 Å². The number of alkyl halides is 3. The van der Waals surface area contributed by atoms with Gasteiger partial charge in [0.05, 0.1) is 19.3 Å². The lowest BCUT2D eigenvalue weighted by atomic mass is 10.1. The monoisotopic (exact) mass is 676 g/mol. The van der Waals surface area contributed by atoms with E-state index >= 15 is 0 Å². The second-order valence-corrected chi connectivity index (χ2v) is 10.5. The van der Waals surface area contributed by atoms with Crippen LogP contribution >= 0.6 is 23.0 Å². The molecule has 0 aliphatic heterocycles. The smallest absolute Gasteiger partial charge is 0.434 e. The van der Waals surface area contributed by atoms with E-state index < -0.39 is 11.9 Å². The van der Waals surface area contributed by atoms with Crippen LogP contribution in [0.4, 0.5) is 13.2 Å². The molecule has 0 saturated heterocycles. The zero-order valence-corrected chi connectivity index (χ0v) is 24.4. The molecule has 4 heterocycles. The molecular weight excluding hydrogens is 652 g/mol. The Labute approximate surface area is 246 Å². The van der Waals surface area contributed by atoms with Gasteiger partial charge in [0.2, 0.25) is 5.88 Å². The van der Waals surface area contributed by atoms with E-state index in [1.807, 2.05) is 26.0 Å². The van der Waals surface area contributed by atoms with Crippen LogP contribution in [0.1, 0.15) is 55.6 Å². The van der Waals surface area contributed by atoms with Crippen molar-refractivity contribution in [3.05, 3.63) is 59.9 Å². The fourth-order valence-electron chi connectivity index (χ4n) is 4.70. The van der Waals surface area contributed by atoms with Crippen molar-refractivity contribution in [2.75, 3.05) is 7.11 Å². The first-order valence-corrected chi connectivity index (χ1v) is 13.7. The maximum absolute atomic E-state index is 13.3. The van der Waals surface area contributed by atoms with Crippen molar-refractivity contribution >= 4 is 34.0 Å². The summed E-state index contributed by atoms with van der Waals surface area (Å²) in [6.07, 6.45) is 1.74. The van der Waals surface area contributed by atoms with E-state index in [0.29, 0.717) is 52.2 Å². The number of fused-ring (bicyclic) bond motifs is 1. The highest BCUT2D eigenvalue weighted by Gasteiger charge is 2.35. The minimum absolute atomic E-state index is 0.196. The first-order valence-electron chi connectivity index (χ1n) is 12.8. The number of nitrogens with zero attached hydrogens (tertiary/aromatic N) is 8. The fraction of sp³-hybridized carbons (Fsp3) is 0.333. The number of aromatic nitrogens is 8. The number of methoxy groups -OCH3 is 1. The minimum Gasteiger partial charge on any atom is -0.480 e. The van der Waals surface area contributed by atoms with Crippen LogP contribution < -0.4 is 7.80 Å². The summed E-state index contributed by atoms with van der Waals surface area (Å²) in [7, 11) is 1.55. The number of benzene rings is 1. The van der Waals surface area contributed by atoms with Gasteiger partial charge in [-0.05, 0) is 32.3 Å². The highest BCUT2D eigenvalue weighted by molar-refractivity contribution is 14.1. The van der Waals surface area contributed by atoms with E-state index in [9.17, 15) is 13.2 Å². The molecular formula is C27H24F3IN8O2. The van der Waals surface area contributed by atoms with Gasteiger partial charge in [-0.25, -0.2) is 29.6 Å². The summed E-state index contributed by atoms with van der Waals surface area (Å²) in [6, 6.07) is 6.99. The Bertz CT molecular complexity index is 1730. The Balaban J connectivity index is 1.36. The Hall–Kier alpha value is -3.82. The van der Waals surface area contributed by atoms with E-state index in [1.165, 1.54) is 10.9 Å². The third-order valence-electron chi connectivity index (χ3n) is 6.87. The number of imidazole rings is 1. The Morgan fingerprint density at radius 3 is 2.44 bits per heavy atom. The number of halogens is 4. The summed E-state index contributed by atoms with van der Waals surface area (Å²) in [4.78, 5) is 22.1. The van der Waals surface area contributed by atoms with Gasteiger partial charge in [0.15, 0.2) is 40.2 Å². The molecule has 1 fully saturated rings. The second-order valence-electron chi connectivity index (χ2n) is 10.0. The Kier molecular flexibility index (Phi) is 7.03. The molecule has 1 aromatic carbocycles. The van der Waals surface area contributed by atoms with Gasteiger partial charge < -0.3 is 12.4 Å². The average Bonchev–Trinajstić information content (AvgIpc) is 3.60. The zero-order valence-electron chi connectivity index (χ0n) is 22.2. The third-order valence-corrected chi connectivity index (χ3v) is 7.29. The molecule has 0 radical (unpaired) electrons. The Morgan fingerprint density at radius 2 is 1.80 bits per heavy atom. The van der Waals surface area contributed by atoms with Crippen molar-refractivity contribution in [1.82, 2.24) is 39.3 Å². The summed E-state index contributed by atoms with van der Waals surface area (Å²) in [5.74, 6) is 1.76. The third kappa shape index (κ3) is 5.20. The standard InChI is InChI=1S/C27H24F3IN8O2/c1-14(2)38-12-19(27(28,29)30)35-23(38)17-6-4-15(5-7-17)11-39-24-18(25(37-39)41-31)10-32-22(36-24)20-21(16-8-9-16)33-13-34-26(20)40-3/h4-7,10,12-14,16H,8-9,11H2,1-3H3. The molecule has 1 aliphatic carbocycles. The lowest BCUT2D eigenvalue weighted by Gasteiger charge is -2.12. The van der Waals surface area contributed by atoms with Gasteiger partial charge in [0.1, 0.15) is 23.1 Å². The topological polar surface area (TPSA) is 106 Å². The number of hydrogen-bond acceptors (Lipinski definition) is 8. The fourth-order valence-corrected chi connectivity index (χ4v) is 5.03. The molecule has 14 heteroatoms. The largest absolute Gasteiger partial charge is 0.480 e.